The zero-order valence-corrected chi connectivity index (χ0v) is 11.0. The number of halogens is 1. The summed E-state index contributed by atoms with van der Waals surface area (Å²) in [4.78, 5) is 14.0. The van der Waals surface area contributed by atoms with E-state index in [0.717, 1.165) is 24.1 Å². The van der Waals surface area contributed by atoms with Crippen molar-refractivity contribution in [2.75, 3.05) is 6.54 Å². The molecule has 0 aromatic carbocycles. The molecule has 16 heavy (non-hydrogen) atoms. The van der Waals surface area contributed by atoms with Gasteiger partial charge in [0.2, 0.25) is 0 Å². The molecule has 2 rings (SSSR count). The highest BCUT2D eigenvalue weighted by Crippen LogP contribution is 2.30. The van der Waals surface area contributed by atoms with E-state index >= 15 is 0 Å². The van der Waals surface area contributed by atoms with Crippen molar-refractivity contribution in [1.29, 1.82) is 0 Å². The van der Waals surface area contributed by atoms with Crippen molar-refractivity contribution in [2.45, 2.75) is 38.0 Å². The first-order chi connectivity index (χ1) is 7.70. The molecule has 1 aliphatic rings. The molecule has 0 bridgehead atoms. The van der Waals surface area contributed by atoms with E-state index in [-0.39, 0.29) is 11.3 Å². The molecule has 1 unspecified atom stereocenters. The second-order valence-corrected chi connectivity index (χ2v) is 5.88. The van der Waals surface area contributed by atoms with Crippen LogP contribution in [0.5, 0.6) is 0 Å². The summed E-state index contributed by atoms with van der Waals surface area (Å²) in [5, 5.41) is 2.92. The van der Waals surface area contributed by atoms with Gasteiger partial charge in [-0.25, -0.2) is 0 Å². The monoisotopic (exact) mass is 257 g/mol. The van der Waals surface area contributed by atoms with E-state index in [1.807, 2.05) is 13.0 Å². The standard InChI is InChI=1S/C12H16ClNOS/c1-2-9(13)7-14-12(15)11-6-8-4-3-5-10(8)16-11/h6,9H,2-5,7H2,1H3,(H,14,15). The van der Waals surface area contributed by atoms with Crippen molar-refractivity contribution in [3.63, 3.8) is 0 Å². The molecule has 1 N–H and O–H groups in total. The molecular weight excluding hydrogens is 242 g/mol. The Kier molecular flexibility index (Phi) is 3.87. The van der Waals surface area contributed by atoms with Crippen molar-refractivity contribution in [2.24, 2.45) is 0 Å². The molecule has 1 aromatic rings. The molecule has 88 valence electrons. The van der Waals surface area contributed by atoms with E-state index < -0.39 is 0 Å². The molecule has 1 atom stereocenters. The molecule has 0 radical (unpaired) electrons. The van der Waals surface area contributed by atoms with Crippen LogP contribution in [-0.2, 0) is 12.8 Å². The van der Waals surface area contributed by atoms with Gasteiger partial charge in [0, 0.05) is 11.4 Å². The van der Waals surface area contributed by atoms with Crippen LogP contribution < -0.4 is 5.32 Å². The Morgan fingerprint density at radius 1 is 1.62 bits per heavy atom. The van der Waals surface area contributed by atoms with Gasteiger partial charge in [-0.2, -0.15) is 0 Å². The summed E-state index contributed by atoms with van der Waals surface area (Å²) in [5.41, 5.74) is 1.37. The first-order valence-electron chi connectivity index (χ1n) is 5.74. The van der Waals surface area contributed by atoms with Crippen LogP contribution in [0.1, 0.15) is 39.9 Å². The van der Waals surface area contributed by atoms with Gasteiger partial charge in [-0.05, 0) is 37.3 Å². The Labute approximate surface area is 105 Å². The lowest BCUT2D eigenvalue weighted by molar-refractivity contribution is 0.0957. The maximum atomic E-state index is 11.8. The lowest BCUT2D eigenvalue weighted by atomic mass is 10.2. The fourth-order valence-corrected chi connectivity index (χ4v) is 3.12. The second kappa shape index (κ2) is 5.19. The lowest BCUT2D eigenvalue weighted by Gasteiger charge is -2.07. The summed E-state index contributed by atoms with van der Waals surface area (Å²) >= 11 is 7.59. The number of hydrogen-bond acceptors (Lipinski definition) is 2. The normalized spacial score (nSPS) is 15.9. The Bertz CT molecular complexity index is 367. The number of alkyl halides is 1. The van der Waals surface area contributed by atoms with Crippen molar-refractivity contribution in [3.8, 4) is 0 Å². The highest BCUT2D eigenvalue weighted by Gasteiger charge is 2.18. The summed E-state index contributed by atoms with van der Waals surface area (Å²) in [6, 6.07) is 2.04. The number of nitrogens with one attached hydrogen (secondary N) is 1. The van der Waals surface area contributed by atoms with E-state index in [0.29, 0.717) is 6.54 Å². The maximum absolute atomic E-state index is 11.8. The minimum atomic E-state index is 0.0264. The molecule has 0 fully saturated rings. The highest BCUT2D eigenvalue weighted by molar-refractivity contribution is 7.14. The Morgan fingerprint density at radius 2 is 2.44 bits per heavy atom. The van der Waals surface area contributed by atoms with E-state index in [2.05, 4.69) is 5.32 Å². The van der Waals surface area contributed by atoms with Gasteiger partial charge in [0.1, 0.15) is 0 Å². The number of carbonyl (C=O) groups excluding carboxylic acids is 1. The van der Waals surface area contributed by atoms with Crippen LogP contribution in [0.15, 0.2) is 6.07 Å². The zero-order valence-electron chi connectivity index (χ0n) is 9.38. The van der Waals surface area contributed by atoms with Crippen molar-refractivity contribution in [3.05, 3.63) is 21.4 Å². The molecule has 2 nitrogen and oxygen atoms in total. The summed E-state index contributed by atoms with van der Waals surface area (Å²) in [7, 11) is 0. The topological polar surface area (TPSA) is 29.1 Å². The minimum absolute atomic E-state index is 0.0264. The summed E-state index contributed by atoms with van der Waals surface area (Å²) in [6.07, 6.45) is 4.39. The van der Waals surface area contributed by atoms with E-state index in [1.165, 1.54) is 16.9 Å². The Hall–Kier alpha value is -0.540. The van der Waals surface area contributed by atoms with Crippen molar-refractivity contribution < 1.29 is 4.79 Å². The number of carbonyl (C=O) groups is 1. The SMILES string of the molecule is CCC(Cl)CNC(=O)c1cc2c(s1)CCC2. The largest absolute Gasteiger partial charge is 0.350 e. The van der Waals surface area contributed by atoms with Gasteiger partial charge in [0.25, 0.3) is 5.91 Å². The fourth-order valence-electron chi connectivity index (χ4n) is 1.88. The molecule has 1 amide bonds. The van der Waals surface area contributed by atoms with Crippen LogP contribution in [0.2, 0.25) is 0 Å². The first kappa shape index (κ1) is 11.9. The second-order valence-electron chi connectivity index (χ2n) is 4.13. The maximum Gasteiger partial charge on any atom is 0.261 e. The molecule has 0 spiro atoms. The van der Waals surface area contributed by atoms with E-state index in [9.17, 15) is 4.79 Å². The number of hydrogen-bond donors (Lipinski definition) is 1. The van der Waals surface area contributed by atoms with E-state index in [1.54, 1.807) is 11.3 Å². The summed E-state index contributed by atoms with van der Waals surface area (Å²) < 4.78 is 0. The van der Waals surface area contributed by atoms with E-state index in [4.69, 9.17) is 11.6 Å². The third kappa shape index (κ3) is 2.58. The zero-order chi connectivity index (χ0) is 11.5. The van der Waals surface area contributed by atoms with Crippen LogP contribution in [0, 0.1) is 0 Å². The van der Waals surface area contributed by atoms with Crippen LogP contribution in [0.3, 0.4) is 0 Å². The van der Waals surface area contributed by atoms with Gasteiger partial charge < -0.3 is 5.32 Å². The van der Waals surface area contributed by atoms with Crippen LogP contribution in [0.25, 0.3) is 0 Å². The predicted molar refractivity (Wildman–Crippen MR) is 68.6 cm³/mol. The molecule has 1 aromatic heterocycles. The van der Waals surface area contributed by atoms with Crippen molar-refractivity contribution in [1.82, 2.24) is 5.32 Å². The van der Waals surface area contributed by atoms with Gasteiger partial charge in [-0.1, -0.05) is 6.92 Å². The molecular formula is C12H16ClNOS. The fraction of sp³-hybridized carbons (Fsp3) is 0.583. The van der Waals surface area contributed by atoms with Crippen LogP contribution in [0.4, 0.5) is 0 Å². The number of amides is 1. The van der Waals surface area contributed by atoms with Crippen LogP contribution in [-0.4, -0.2) is 17.8 Å². The van der Waals surface area contributed by atoms with Gasteiger partial charge >= 0.3 is 0 Å². The van der Waals surface area contributed by atoms with Gasteiger partial charge in [0.05, 0.1) is 10.3 Å². The number of rotatable bonds is 4. The number of aryl methyl sites for hydroxylation is 2. The average Bonchev–Trinajstić information content (AvgIpc) is 2.85. The van der Waals surface area contributed by atoms with Crippen LogP contribution >= 0.6 is 22.9 Å². The van der Waals surface area contributed by atoms with Gasteiger partial charge in [-0.15, -0.1) is 22.9 Å². The van der Waals surface area contributed by atoms with Crippen molar-refractivity contribution >= 4 is 28.8 Å². The quantitative estimate of drug-likeness (QED) is 0.826. The number of thiophene rings is 1. The number of fused-ring (bicyclic) bond motifs is 1. The third-order valence-electron chi connectivity index (χ3n) is 2.90. The lowest BCUT2D eigenvalue weighted by Crippen LogP contribution is -2.28. The average molecular weight is 258 g/mol. The minimum Gasteiger partial charge on any atom is -0.350 e. The highest BCUT2D eigenvalue weighted by atomic mass is 35.5. The predicted octanol–water partition coefficient (Wildman–Crippen LogP) is 2.98. The van der Waals surface area contributed by atoms with Gasteiger partial charge in [-0.3, -0.25) is 4.79 Å². The molecule has 0 saturated heterocycles. The molecule has 4 heteroatoms. The Balaban J connectivity index is 1.93. The third-order valence-corrected chi connectivity index (χ3v) is 4.60. The molecule has 1 heterocycles. The van der Waals surface area contributed by atoms with Gasteiger partial charge in [0.15, 0.2) is 0 Å². The first-order valence-corrected chi connectivity index (χ1v) is 7.00. The molecule has 0 aliphatic heterocycles. The molecule has 1 aliphatic carbocycles. The summed E-state index contributed by atoms with van der Waals surface area (Å²) in [6.45, 7) is 2.57. The Morgan fingerprint density at radius 3 is 3.12 bits per heavy atom. The summed E-state index contributed by atoms with van der Waals surface area (Å²) in [5.74, 6) is 0.0264. The smallest absolute Gasteiger partial charge is 0.261 e. The molecule has 0 saturated carbocycles.